The molecule has 0 radical (unpaired) electrons. The summed E-state index contributed by atoms with van der Waals surface area (Å²) in [5.41, 5.74) is 6.18. The fourth-order valence-electron chi connectivity index (χ4n) is 3.50. The molecule has 1 aliphatic carbocycles. The van der Waals surface area contributed by atoms with E-state index in [0.29, 0.717) is 29.5 Å². The maximum absolute atomic E-state index is 12.2. The van der Waals surface area contributed by atoms with Crippen LogP contribution in [0.2, 0.25) is 0 Å². The molecular formula is C19H27N3O5S. The predicted octanol–water partition coefficient (Wildman–Crippen LogP) is 2.59. The lowest BCUT2D eigenvalue weighted by atomic mass is 9.82. The molecule has 0 bridgehead atoms. The van der Waals surface area contributed by atoms with Crippen LogP contribution in [0.4, 0.5) is 5.69 Å². The number of nitrogens with one attached hydrogen (secondary N) is 1. The average molecular weight is 410 g/mol. The van der Waals surface area contributed by atoms with Crippen molar-refractivity contribution in [2.24, 2.45) is 22.0 Å². The summed E-state index contributed by atoms with van der Waals surface area (Å²) in [6.45, 7) is 6.09. The van der Waals surface area contributed by atoms with Gasteiger partial charge in [-0.05, 0) is 64.5 Å². The van der Waals surface area contributed by atoms with Gasteiger partial charge < -0.3 is 15.2 Å². The van der Waals surface area contributed by atoms with Crippen LogP contribution in [0.3, 0.4) is 0 Å². The van der Waals surface area contributed by atoms with E-state index in [4.69, 9.17) is 15.2 Å². The van der Waals surface area contributed by atoms with Crippen molar-refractivity contribution < 1.29 is 22.7 Å². The van der Waals surface area contributed by atoms with Gasteiger partial charge in [0.25, 0.3) is 0 Å². The molecule has 0 amide bonds. The van der Waals surface area contributed by atoms with Crippen molar-refractivity contribution in [2.45, 2.75) is 52.1 Å². The quantitative estimate of drug-likeness (QED) is 0.738. The first-order valence-electron chi connectivity index (χ1n) is 9.41. The molecule has 0 spiro atoms. The largest absolute Gasteiger partial charge is 0.492 e. The zero-order valence-electron chi connectivity index (χ0n) is 16.4. The number of anilines is 1. The first-order valence-corrected chi connectivity index (χ1v) is 10.9. The average Bonchev–Trinajstić information content (AvgIpc) is 2.57. The lowest BCUT2D eigenvalue weighted by Crippen LogP contribution is -2.32. The Morgan fingerprint density at radius 1 is 1.25 bits per heavy atom. The molecule has 0 unspecified atom stereocenters. The molecule has 28 heavy (non-hydrogen) atoms. The number of esters is 1. The second-order valence-corrected chi connectivity index (χ2v) is 9.63. The normalized spacial score (nSPS) is 23.8. The first kappa shape index (κ1) is 20.4. The summed E-state index contributed by atoms with van der Waals surface area (Å²) in [4.78, 5) is 12.2. The molecule has 8 nitrogen and oxygen atoms in total. The molecule has 9 heteroatoms. The van der Waals surface area contributed by atoms with Gasteiger partial charge in [0.15, 0.2) is 5.84 Å². The van der Waals surface area contributed by atoms with E-state index in [1.54, 1.807) is 18.2 Å². The van der Waals surface area contributed by atoms with Gasteiger partial charge in [-0.1, -0.05) is 6.07 Å². The summed E-state index contributed by atoms with van der Waals surface area (Å²) in [5.74, 6) is 0.541. The number of amidine groups is 1. The number of fused-ring (bicyclic) bond motifs is 1. The van der Waals surface area contributed by atoms with Gasteiger partial charge in [0, 0.05) is 0 Å². The smallest absolute Gasteiger partial charge is 0.344 e. The molecule has 3 N–H and O–H groups in total. The minimum atomic E-state index is -3.81. The number of hydrogen-bond acceptors (Lipinski definition) is 6. The third-order valence-corrected chi connectivity index (χ3v) is 5.72. The van der Waals surface area contributed by atoms with Crippen LogP contribution in [0.25, 0.3) is 0 Å². The van der Waals surface area contributed by atoms with Crippen molar-refractivity contribution in [3.05, 3.63) is 23.8 Å². The van der Waals surface area contributed by atoms with Crippen molar-refractivity contribution in [3.8, 4) is 5.75 Å². The predicted molar refractivity (Wildman–Crippen MR) is 106 cm³/mol. The van der Waals surface area contributed by atoms with Crippen LogP contribution < -0.4 is 15.2 Å². The molecule has 1 heterocycles. The maximum atomic E-state index is 12.2. The molecule has 0 atom stereocenters. The number of hydrogen-bond donors (Lipinski definition) is 2. The Morgan fingerprint density at radius 2 is 1.93 bits per heavy atom. The van der Waals surface area contributed by atoms with Crippen LogP contribution in [0.5, 0.6) is 5.75 Å². The summed E-state index contributed by atoms with van der Waals surface area (Å²) in [6.07, 6.45) is 3.29. The summed E-state index contributed by atoms with van der Waals surface area (Å²) in [6, 6.07) is 5.06. The molecule has 3 rings (SSSR count). The lowest BCUT2D eigenvalue weighted by Gasteiger charge is -2.30. The third-order valence-electron chi connectivity index (χ3n) is 4.80. The van der Waals surface area contributed by atoms with Gasteiger partial charge in [0.1, 0.15) is 11.4 Å². The third kappa shape index (κ3) is 4.95. The molecule has 0 saturated heterocycles. The van der Waals surface area contributed by atoms with Crippen LogP contribution in [0.1, 0.15) is 52.0 Å². The van der Waals surface area contributed by atoms with Crippen LogP contribution in [-0.4, -0.2) is 32.4 Å². The Balaban J connectivity index is 1.58. The molecular weight excluding hydrogens is 382 g/mol. The van der Waals surface area contributed by atoms with Gasteiger partial charge in [-0.3, -0.25) is 9.52 Å². The van der Waals surface area contributed by atoms with E-state index in [9.17, 15) is 13.2 Å². The van der Waals surface area contributed by atoms with Crippen LogP contribution in [0.15, 0.2) is 22.6 Å². The zero-order chi connectivity index (χ0) is 20.5. The second-order valence-electron chi connectivity index (χ2n) is 8.29. The number of benzene rings is 1. The van der Waals surface area contributed by atoms with E-state index in [-0.39, 0.29) is 17.7 Å². The van der Waals surface area contributed by atoms with E-state index >= 15 is 0 Å². The molecule has 2 aliphatic rings. The van der Waals surface area contributed by atoms with E-state index in [1.807, 2.05) is 20.8 Å². The Labute approximate surface area is 165 Å². The summed E-state index contributed by atoms with van der Waals surface area (Å²) in [7, 11) is -3.81. The highest BCUT2D eigenvalue weighted by atomic mass is 32.2. The van der Waals surface area contributed by atoms with E-state index in [1.165, 1.54) is 0 Å². The van der Waals surface area contributed by atoms with E-state index < -0.39 is 15.8 Å². The van der Waals surface area contributed by atoms with Gasteiger partial charge in [-0.2, -0.15) is 8.42 Å². The Kier molecular flexibility index (Phi) is 5.56. The van der Waals surface area contributed by atoms with Gasteiger partial charge in [-0.15, -0.1) is 4.40 Å². The van der Waals surface area contributed by atoms with E-state index in [0.717, 1.165) is 25.7 Å². The highest BCUT2D eigenvalue weighted by molar-refractivity contribution is 7.91. The summed E-state index contributed by atoms with van der Waals surface area (Å²) >= 11 is 0. The van der Waals surface area contributed by atoms with Gasteiger partial charge in [0.05, 0.1) is 23.8 Å². The van der Waals surface area contributed by atoms with Gasteiger partial charge in [-0.25, -0.2) is 0 Å². The van der Waals surface area contributed by atoms with Crippen LogP contribution in [-0.2, 0) is 19.7 Å². The van der Waals surface area contributed by atoms with Crippen molar-refractivity contribution in [3.63, 3.8) is 0 Å². The minimum Gasteiger partial charge on any atom is -0.492 e. The van der Waals surface area contributed by atoms with Crippen molar-refractivity contribution >= 4 is 27.7 Å². The fourth-order valence-corrected chi connectivity index (χ4v) is 4.34. The molecule has 0 aromatic heterocycles. The number of carbonyl (C=O) groups is 1. The highest BCUT2D eigenvalue weighted by Gasteiger charge is 2.30. The van der Waals surface area contributed by atoms with Crippen LogP contribution in [0, 0.1) is 11.8 Å². The fraction of sp³-hybridized carbons (Fsp3) is 0.579. The number of ether oxygens (including phenoxy) is 2. The number of rotatable bonds is 4. The standard InChI is InChI=1S/C19H27N3O5S/c1-19(2,3)27-18(23)13-9-7-12(8-10-13)11-26-15-6-4-5-14-16(15)17(20)22-28(24,25)21-14/h4-6,12-13,21H,7-11H2,1-3H3,(H2,20,22). The summed E-state index contributed by atoms with van der Waals surface area (Å²) < 4.78 is 40.6. The van der Waals surface area contributed by atoms with Crippen molar-refractivity contribution in [2.75, 3.05) is 11.3 Å². The van der Waals surface area contributed by atoms with Crippen molar-refractivity contribution in [1.82, 2.24) is 0 Å². The Bertz CT molecular complexity index is 881. The molecule has 1 saturated carbocycles. The van der Waals surface area contributed by atoms with Gasteiger partial charge >= 0.3 is 16.2 Å². The SMILES string of the molecule is CC(C)(C)OC(=O)C1CCC(COc2cccc3c2C(N)=NS(=O)(=O)N3)CC1. The zero-order valence-corrected chi connectivity index (χ0v) is 17.2. The second kappa shape index (κ2) is 7.62. The molecule has 1 fully saturated rings. The molecule has 154 valence electrons. The van der Waals surface area contributed by atoms with Crippen LogP contribution >= 0.6 is 0 Å². The number of nitrogens with zero attached hydrogens (tertiary/aromatic N) is 1. The van der Waals surface area contributed by atoms with Gasteiger partial charge in [0.2, 0.25) is 0 Å². The molecule has 1 aromatic rings. The van der Waals surface area contributed by atoms with E-state index in [2.05, 4.69) is 9.12 Å². The number of nitrogens with two attached hydrogens (primary N) is 1. The summed E-state index contributed by atoms with van der Waals surface area (Å²) in [5, 5.41) is 0. The first-order chi connectivity index (χ1) is 13.0. The minimum absolute atomic E-state index is 0.0582. The topological polar surface area (TPSA) is 120 Å². The molecule has 1 aromatic carbocycles. The Hall–Kier alpha value is -2.29. The highest BCUT2D eigenvalue weighted by Crippen LogP contribution is 2.34. The maximum Gasteiger partial charge on any atom is 0.344 e. The monoisotopic (exact) mass is 409 g/mol. The Morgan fingerprint density at radius 3 is 2.57 bits per heavy atom. The lowest BCUT2D eigenvalue weighted by molar-refractivity contribution is -0.161. The number of carbonyl (C=O) groups excluding carboxylic acids is 1. The molecule has 1 aliphatic heterocycles. The van der Waals surface area contributed by atoms with Crippen molar-refractivity contribution in [1.29, 1.82) is 0 Å².